The van der Waals surface area contributed by atoms with E-state index in [1.54, 1.807) is 6.07 Å². The third-order valence-electron chi connectivity index (χ3n) is 3.67. The van der Waals surface area contributed by atoms with Crippen LogP contribution in [0.1, 0.15) is 20.3 Å². The molecule has 2 aromatic rings. The van der Waals surface area contributed by atoms with Crippen molar-refractivity contribution in [1.82, 2.24) is 9.88 Å². The van der Waals surface area contributed by atoms with Crippen molar-refractivity contribution in [2.75, 3.05) is 25.5 Å². The average molecular weight is 292 g/mol. The first-order valence-corrected chi connectivity index (χ1v) is 7.00. The molecule has 7 heteroatoms. The fourth-order valence-corrected chi connectivity index (χ4v) is 1.97. The fraction of sp³-hybridized carbons (Fsp3) is 0.500. The van der Waals surface area contributed by atoms with Crippen LogP contribution in [0.2, 0.25) is 0 Å². The van der Waals surface area contributed by atoms with Crippen LogP contribution in [0.15, 0.2) is 22.6 Å². The van der Waals surface area contributed by atoms with Crippen LogP contribution >= 0.6 is 0 Å². The van der Waals surface area contributed by atoms with Gasteiger partial charge < -0.3 is 14.6 Å². The van der Waals surface area contributed by atoms with Crippen LogP contribution in [0.5, 0.6) is 0 Å². The molecule has 0 aliphatic rings. The van der Waals surface area contributed by atoms with Gasteiger partial charge in [0, 0.05) is 25.2 Å². The summed E-state index contributed by atoms with van der Waals surface area (Å²) in [5.41, 5.74) is 1.03. The van der Waals surface area contributed by atoms with E-state index in [1.165, 1.54) is 12.1 Å². The average Bonchev–Trinajstić information content (AvgIpc) is 2.87. The quantitative estimate of drug-likeness (QED) is 0.624. The number of nitrogens with one attached hydrogen (secondary N) is 1. The maximum Gasteiger partial charge on any atom is 0.295 e. The molecule has 0 saturated heterocycles. The molecule has 1 aromatic carbocycles. The second-order valence-corrected chi connectivity index (χ2v) is 5.09. The van der Waals surface area contributed by atoms with Crippen molar-refractivity contribution in [1.29, 1.82) is 0 Å². The summed E-state index contributed by atoms with van der Waals surface area (Å²) in [5.74, 6) is 0. The Morgan fingerprint density at radius 2 is 2.29 bits per heavy atom. The minimum absolute atomic E-state index is 0.00158. The molecule has 0 spiro atoms. The van der Waals surface area contributed by atoms with Crippen LogP contribution in [0.4, 0.5) is 11.7 Å². The lowest BCUT2D eigenvalue weighted by Gasteiger charge is -2.23. The highest BCUT2D eigenvalue weighted by Crippen LogP contribution is 2.23. The number of aromatic nitrogens is 1. The van der Waals surface area contributed by atoms with E-state index in [1.807, 2.05) is 0 Å². The van der Waals surface area contributed by atoms with Crippen LogP contribution in [0.25, 0.3) is 11.1 Å². The minimum atomic E-state index is -0.448. The number of benzene rings is 1. The topological polar surface area (TPSA) is 84.4 Å². The Labute approximate surface area is 123 Å². The van der Waals surface area contributed by atoms with Gasteiger partial charge in [0.05, 0.1) is 11.0 Å². The second kappa shape index (κ2) is 6.53. The van der Waals surface area contributed by atoms with E-state index in [0.29, 0.717) is 29.7 Å². The van der Waals surface area contributed by atoms with Crippen molar-refractivity contribution in [2.45, 2.75) is 26.3 Å². The molecule has 0 fully saturated rings. The molecule has 1 atom stereocenters. The van der Waals surface area contributed by atoms with Crippen molar-refractivity contribution in [3.05, 3.63) is 28.3 Å². The predicted molar refractivity (Wildman–Crippen MR) is 81.5 cm³/mol. The molecule has 1 aromatic heterocycles. The highest BCUT2D eigenvalue weighted by atomic mass is 16.6. The normalized spacial score (nSPS) is 12.8. The molecule has 0 aliphatic heterocycles. The van der Waals surface area contributed by atoms with Crippen LogP contribution in [0, 0.1) is 10.1 Å². The molecular formula is C14H20N4O3. The van der Waals surface area contributed by atoms with Crippen molar-refractivity contribution < 1.29 is 9.34 Å². The maximum absolute atomic E-state index is 10.7. The molecule has 0 bridgehead atoms. The largest absolute Gasteiger partial charge is 0.423 e. The highest BCUT2D eigenvalue weighted by Gasteiger charge is 2.12. The Morgan fingerprint density at radius 1 is 1.52 bits per heavy atom. The minimum Gasteiger partial charge on any atom is -0.423 e. The summed E-state index contributed by atoms with van der Waals surface area (Å²) in [7, 11) is 2.07. The summed E-state index contributed by atoms with van der Waals surface area (Å²) < 4.78 is 5.48. The van der Waals surface area contributed by atoms with E-state index in [0.717, 1.165) is 13.0 Å². The summed E-state index contributed by atoms with van der Waals surface area (Å²) in [6.07, 6.45) is 1.10. The molecule has 1 unspecified atom stereocenters. The highest BCUT2D eigenvalue weighted by molar-refractivity contribution is 5.77. The Morgan fingerprint density at radius 3 is 2.95 bits per heavy atom. The Bertz CT molecular complexity index is 626. The molecule has 2 rings (SSSR count). The lowest BCUT2D eigenvalue weighted by Crippen LogP contribution is -2.32. The van der Waals surface area contributed by atoms with E-state index < -0.39 is 4.92 Å². The van der Waals surface area contributed by atoms with Gasteiger partial charge in [-0.15, -0.1) is 0 Å². The molecular weight excluding hydrogens is 272 g/mol. The van der Waals surface area contributed by atoms with Gasteiger partial charge in [-0.1, -0.05) is 6.92 Å². The number of nitro benzene ring substituents is 1. The first-order chi connectivity index (χ1) is 10.0. The molecule has 114 valence electrons. The van der Waals surface area contributed by atoms with Gasteiger partial charge in [-0.3, -0.25) is 10.1 Å². The number of likely N-dealkylation sites (N-methyl/N-ethyl adjacent to an activating group) is 1. The van der Waals surface area contributed by atoms with Crippen molar-refractivity contribution >= 4 is 22.8 Å². The monoisotopic (exact) mass is 292 g/mol. The van der Waals surface area contributed by atoms with Crippen LogP contribution in [-0.4, -0.2) is 41.0 Å². The van der Waals surface area contributed by atoms with Gasteiger partial charge in [-0.25, -0.2) is 0 Å². The van der Waals surface area contributed by atoms with Gasteiger partial charge >= 0.3 is 0 Å². The Hall–Kier alpha value is -2.15. The van der Waals surface area contributed by atoms with Gasteiger partial charge in [0.2, 0.25) is 0 Å². The molecule has 0 radical (unpaired) electrons. The number of oxazole rings is 1. The van der Waals surface area contributed by atoms with Gasteiger partial charge in [-0.2, -0.15) is 4.98 Å². The van der Waals surface area contributed by atoms with Crippen LogP contribution in [0.3, 0.4) is 0 Å². The van der Waals surface area contributed by atoms with E-state index in [9.17, 15) is 10.1 Å². The van der Waals surface area contributed by atoms with Crippen molar-refractivity contribution in [3.63, 3.8) is 0 Å². The molecule has 7 nitrogen and oxygen atoms in total. The number of fused-ring (bicyclic) bond motifs is 1. The zero-order valence-electron chi connectivity index (χ0n) is 12.5. The summed E-state index contributed by atoms with van der Waals surface area (Å²) in [4.78, 5) is 16.8. The third-order valence-corrected chi connectivity index (χ3v) is 3.67. The van der Waals surface area contributed by atoms with Gasteiger partial charge in [0.15, 0.2) is 5.58 Å². The predicted octanol–water partition coefficient (Wildman–Crippen LogP) is 2.88. The molecule has 1 heterocycles. The zero-order valence-corrected chi connectivity index (χ0v) is 12.5. The van der Waals surface area contributed by atoms with E-state index in [4.69, 9.17) is 4.42 Å². The Kier molecular flexibility index (Phi) is 4.74. The number of nitrogens with zero attached hydrogens (tertiary/aromatic N) is 3. The van der Waals surface area contributed by atoms with E-state index in [2.05, 4.69) is 36.1 Å². The number of hydrogen-bond donors (Lipinski definition) is 1. The zero-order chi connectivity index (χ0) is 15.4. The van der Waals surface area contributed by atoms with E-state index >= 15 is 0 Å². The summed E-state index contributed by atoms with van der Waals surface area (Å²) in [6.45, 7) is 5.91. The standard InChI is InChI=1S/C14H20N4O3/c1-4-10(2)17(3)8-7-15-14-16-12-6-5-11(18(19)20)9-13(12)21-14/h5-6,9-10H,4,7-8H2,1-3H3,(H,15,16). The third kappa shape index (κ3) is 3.69. The summed E-state index contributed by atoms with van der Waals surface area (Å²) in [5, 5.41) is 13.8. The number of rotatable bonds is 7. The van der Waals surface area contributed by atoms with E-state index in [-0.39, 0.29) is 5.69 Å². The SMILES string of the molecule is CCC(C)N(C)CCNc1nc2ccc([N+](=O)[O-])cc2o1. The molecule has 0 aliphatic carbocycles. The molecule has 21 heavy (non-hydrogen) atoms. The lowest BCUT2D eigenvalue weighted by atomic mass is 10.2. The van der Waals surface area contributed by atoms with Crippen molar-refractivity contribution in [2.24, 2.45) is 0 Å². The molecule has 0 saturated carbocycles. The number of nitro groups is 1. The second-order valence-electron chi connectivity index (χ2n) is 5.09. The summed E-state index contributed by atoms with van der Waals surface area (Å²) >= 11 is 0. The van der Waals surface area contributed by atoms with Crippen LogP contribution in [-0.2, 0) is 0 Å². The number of non-ortho nitro benzene ring substituents is 1. The maximum atomic E-state index is 10.7. The number of hydrogen-bond acceptors (Lipinski definition) is 6. The smallest absolute Gasteiger partial charge is 0.295 e. The fourth-order valence-electron chi connectivity index (χ4n) is 1.97. The molecule has 1 N–H and O–H groups in total. The lowest BCUT2D eigenvalue weighted by molar-refractivity contribution is -0.384. The molecule has 0 amide bonds. The van der Waals surface area contributed by atoms with Crippen molar-refractivity contribution in [3.8, 4) is 0 Å². The Balaban J connectivity index is 1.98. The first-order valence-electron chi connectivity index (χ1n) is 7.00. The van der Waals surface area contributed by atoms with Crippen LogP contribution < -0.4 is 5.32 Å². The van der Waals surface area contributed by atoms with Gasteiger partial charge in [0.25, 0.3) is 11.7 Å². The first kappa shape index (κ1) is 15.2. The van der Waals surface area contributed by atoms with Gasteiger partial charge in [-0.05, 0) is 26.5 Å². The number of anilines is 1. The summed E-state index contributed by atoms with van der Waals surface area (Å²) in [6, 6.07) is 5.32. The van der Waals surface area contributed by atoms with Gasteiger partial charge in [0.1, 0.15) is 5.52 Å².